The molecule has 6 atom stereocenters. The molecule has 4 N–H and O–H groups in total. The van der Waals surface area contributed by atoms with E-state index in [1.807, 2.05) is 6.07 Å². The lowest BCUT2D eigenvalue weighted by Gasteiger charge is -2.40. The summed E-state index contributed by atoms with van der Waals surface area (Å²) in [6.45, 7) is -0.548. The molecule has 7 nitrogen and oxygen atoms in total. The van der Waals surface area contributed by atoms with E-state index in [4.69, 9.17) is 19.8 Å². The molecular weight excluding hydrogens is 278 g/mol. The van der Waals surface area contributed by atoms with Gasteiger partial charge in [0, 0.05) is 0 Å². The maximum atomic E-state index is 9.86. The van der Waals surface area contributed by atoms with E-state index < -0.39 is 43.4 Å². The van der Waals surface area contributed by atoms with Gasteiger partial charge in [-0.1, -0.05) is 30.3 Å². The van der Waals surface area contributed by atoms with Crippen LogP contribution in [0.15, 0.2) is 30.3 Å². The quantitative estimate of drug-likeness (QED) is 0.565. The number of benzene rings is 1. The van der Waals surface area contributed by atoms with E-state index in [9.17, 15) is 15.3 Å². The molecule has 7 heteroatoms. The summed E-state index contributed by atoms with van der Waals surface area (Å²) in [6.07, 6.45) is -7.91. The third-order valence-electron chi connectivity index (χ3n) is 3.34. The SMILES string of the molecule is N#C[C@@H](O[C@H]1O[C@H](CO)[C@@H](O)[C@H](O)[C@H]1O)c1ccccc1. The molecule has 0 saturated carbocycles. The zero-order valence-corrected chi connectivity index (χ0v) is 11.1. The monoisotopic (exact) mass is 295 g/mol. The highest BCUT2D eigenvalue weighted by molar-refractivity contribution is 5.22. The minimum Gasteiger partial charge on any atom is -0.394 e. The Morgan fingerprint density at radius 1 is 1.14 bits per heavy atom. The highest BCUT2D eigenvalue weighted by Gasteiger charge is 2.44. The van der Waals surface area contributed by atoms with Gasteiger partial charge in [0.2, 0.25) is 0 Å². The van der Waals surface area contributed by atoms with Gasteiger partial charge in [-0.05, 0) is 5.56 Å². The average molecular weight is 295 g/mol. The van der Waals surface area contributed by atoms with Gasteiger partial charge in [0.05, 0.1) is 12.7 Å². The van der Waals surface area contributed by atoms with E-state index in [1.165, 1.54) is 0 Å². The van der Waals surface area contributed by atoms with Gasteiger partial charge in [-0.2, -0.15) is 5.26 Å². The van der Waals surface area contributed by atoms with Crippen LogP contribution in [-0.2, 0) is 9.47 Å². The molecule has 0 aromatic heterocycles. The van der Waals surface area contributed by atoms with E-state index in [1.54, 1.807) is 30.3 Å². The van der Waals surface area contributed by atoms with Crippen molar-refractivity contribution in [2.24, 2.45) is 0 Å². The highest BCUT2D eigenvalue weighted by atomic mass is 16.7. The number of hydrogen-bond donors (Lipinski definition) is 4. The Morgan fingerprint density at radius 2 is 1.81 bits per heavy atom. The maximum absolute atomic E-state index is 9.86. The lowest BCUT2D eigenvalue weighted by atomic mass is 9.99. The van der Waals surface area contributed by atoms with Gasteiger partial charge in [-0.15, -0.1) is 0 Å². The molecule has 0 spiro atoms. The van der Waals surface area contributed by atoms with Gasteiger partial charge in [0.15, 0.2) is 12.4 Å². The van der Waals surface area contributed by atoms with Crippen LogP contribution in [0.5, 0.6) is 0 Å². The lowest BCUT2D eigenvalue weighted by molar-refractivity contribution is -0.307. The molecule has 1 aromatic rings. The van der Waals surface area contributed by atoms with Gasteiger partial charge in [-0.3, -0.25) is 0 Å². The number of nitrogens with zero attached hydrogens (tertiary/aromatic N) is 1. The van der Waals surface area contributed by atoms with Crippen LogP contribution in [0.1, 0.15) is 11.7 Å². The van der Waals surface area contributed by atoms with Crippen molar-refractivity contribution in [1.29, 1.82) is 5.26 Å². The Labute approximate surface area is 121 Å². The standard InChI is InChI=1S/C14H17NO6/c15-6-9(8-4-2-1-3-5-8)20-14-13(19)12(18)11(17)10(7-16)21-14/h1-5,9-14,16-19H,7H2/t9-,10-,11-,12+,13-,14+/m1/s1. The van der Waals surface area contributed by atoms with Crippen molar-refractivity contribution in [2.75, 3.05) is 6.61 Å². The Bertz CT molecular complexity index is 488. The van der Waals surface area contributed by atoms with E-state index in [-0.39, 0.29) is 0 Å². The molecule has 0 amide bonds. The number of aliphatic hydroxyl groups excluding tert-OH is 4. The Kier molecular flexibility index (Phi) is 5.25. The summed E-state index contributed by atoms with van der Waals surface area (Å²) in [5.41, 5.74) is 0.567. The molecule has 2 rings (SSSR count). The molecule has 0 aliphatic carbocycles. The molecule has 1 aromatic carbocycles. The van der Waals surface area contributed by atoms with Crippen molar-refractivity contribution in [1.82, 2.24) is 0 Å². The smallest absolute Gasteiger partial charge is 0.188 e. The molecule has 0 radical (unpaired) electrons. The molecule has 1 saturated heterocycles. The van der Waals surface area contributed by atoms with Crippen LogP contribution < -0.4 is 0 Å². The fourth-order valence-electron chi connectivity index (χ4n) is 2.13. The van der Waals surface area contributed by atoms with Crippen LogP contribution in [0, 0.1) is 11.3 Å². The first kappa shape index (κ1) is 15.9. The van der Waals surface area contributed by atoms with E-state index in [0.717, 1.165) is 0 Å². The molecule has 0 unspecified atom stereocenters. The number of nitriles is 1. The second-order valence-electron chi connectivity index (χ2n) is 4.75. The first-order valence-corrected chi connectivity index (χ1v) is 6.49. The van der Waals surface area contributed by atoms with Crippen molar-refractivity contribution in [3.8, 4) is 6.07 Å². The van der Waals surface area contributed by atoms with Crippen molar-refractivity contribution >= 4 is 0 Å². The largest absolute Gasteiger partial charge is 0.394 e. The first-order valence-electron chi connectivity index (χ1n) is 6.49. The zero-order chi connectivity index (χ0) is 15.4. The number of hydrogen-bond acceptors (Lipinski definition) is 7. The topological polar surface area (TPSA) is 123 Å². The predicted molar refractivity (Wildman–Crippen MR) is 69.6 cm³/mol. The maximum Gasteiger partial charge on any atom is 0.188 e. The number of aliphatic hydroxyl groups is 4. The van der Waals surface area contributed by atoms with Crippen LogP contribution in [0.3, 0.4) is 0 Å². The average Bonchev–Trinajstić information content (AvgIpc) is 2.53. The minimum absolute atomic E-state index is 0.548. The highest BCUT2D eigenvalue weighted by Crippen LogP contribution is 2.27. The summed E-state index contributed by atoms with van der Waals surface area (Å²) in [4.78, 5) is 0. The number of rotatable bonds is 4. The first-order chi connectivity index (χ1) is 10.1. The normalized spacial score (nSPS) is 34.1. The Morgan fingerprint density at radius 3 is 2.38 bits per heavy atom. The lowest BCUT2D eigenvalue weighted by Crippen LogP contribution is -2.59. The second-order valence-corrected chi connectivity index (χ2v) is 4.75. The van der Waals surface area contributed by atoms with Crippen LogP contribution in [0.2, 0.25) is 0 Å². The summed E-state index contributed by atoms with van der Waals surface area (Å²) in [7, 11) is 0. The van der Waals surface area contributed by atoms with Crippen molar-refractivity contribution < 1.29 is 29.9 Å². The molecule has 1 fully saturated rings. The van der Waals surface area contributed by atoms with Gasteiger partial charge in [0.1, 0.15) is 24.4 Å². The van der Waals surface area contributed by atoms with Gasteiger partial charge >= 0.3 is 0 Å². The zero-order valence-electron chi connectivity index (χ0n) is 11.1. The molecular formula is C14H17NO6. The van der Waals surface area contributed by atoms with Crippen molar-refractivity contribution in [3.63, 3.8) is 0 Å². The summed E-state index contributed by atoms with van der Waals surface area (Å²) in [5, 5.41) is 47.5. The van der Waals surface area contributed by atoms with Crippen LogP contribution in [-0.4, -0.2) is 57.7 Å². The van der Waals surface area contributed by atoms with Crippen LogP contribution in [0.4, 0.5) is 0 Å². The number of ether oxygens (including phenoxy) is 2. The molecule has 1 aliphatic heterocycles. The molecule has 114 valence electrons. The molecule has 1 heterocycles. The van der Waals surface area contributed by atoms with E-state index >= 15 is 0 Å². The minimum atomic E-state index is -1.53. The van der Waals surface area contributed by atoms with Crippen LogP contribution in [0.25, 0.3) is 0 Å². The fraction of sp³-hybridized carbons (Fsp3) is 0.500. The molecule has 21 heavy (non-hydrogen) atoms. The van der Waals surface area contributed by atoms with Crippen molar-refractivity contribution in [3.05, 3.63) is 35.9 Å². The third kappa shape index (κ3) is 3.39. The van der Waals surface area contributed by atoms with Gasteiger partial charge < -0.3 is 29.9 Å². The molecule has 1 aliphatic rings. The van der Waals surface area contributed by atoms with Crippen molar-refractivity contribution in [2.45, 2.75) is 36.8 Å². The van der Waals surface area contributed by atoms with Crippen LogP contribution >= 0.6 is 0 Å². The molecule has 0 bridgehead atoms. The summed E-state index contributed by atoms with van der Waals surface area (Å²) in [6, 6.07) is 10.5. The summed E-state index contributed by atoms with van der Waals surface area (Å²) < 4.78 is 10.6. The van der Waals surface area contributed by atoms with Gasteiger partial charge in [0.25, 0.3) is 0 Å². The third-order valence-corrected chi connectivity index (χ3v) is 3.34. The predicted octanol–water partition coefficient (Wildman–Crippen LogP) is -0.932. The van der Waals surface area contributed by atoms with Gasteiger partial charge in [-0.25, -0.2) is 0 Å². The summed E-state index contributed by atoms with van der Waals surface area (Å²) >= 11 is 0. The Hall–Kier alpha value is -1.53. The fourth-order valence-corrected chi connectivity index (χ4v) is 2.13. The van der Waals surface area contributed by atoms with E-state index in [0.29, 0.717) is 5.56 Å². The Balaban J connectivity index is 2.12. The summed E-state index contributed by atoms with van der Waals surface area (Å²) in [5.74, 6) is 0. The van der Waals surface area contributed by atoms with E-state index in [2.05, 4.69) is 0 Å². The second kappa shape index (κ2) is 6.95.